The summed E-state index contributed by atoms with van der Waals surface area (Å²) in [7, 11) is 0. The smallest absolute Gasteiger partial charge is 0.261 e. The molecule has 2 amide bonds. The first-order valence-corrected chi connectivity index (χ1v) is 10.7. The molecule has 0 fully saturated rings. The SMILES string of the molecule is CC[C@H](C)NC(=O)[C@H](CC)N(Cc1ccccc1)C(=O)COc1cc(C)cc(C)c1. The van der Waals surface area contributed by atoms with Crippen molar-refractivity contribution in [3.05, 3.63) is 65.2 Å². The highest BCUT2D eigenvalue weighted by atomic mass is 16.5. The topological polar surface area (TPSA) is 58.6 Å². The van der Waals surface area contributed by atoms with E-state index in [-0.39, 0.29) is 24.5 Å². The monoisotopic (exact) mass is 410 g/mol. The molecular weight excluding hydrogens is 376 g/mol. The molecular formula is C25H34N2O3. The standard InChI is InChI=1S/C25H34N2O3/c1-6-20(5)26-25(29)23(7-2)27(16-21-11-9-8-10-12-21)24(28)17-30-22-14-18(3)13-19(4)15-22/h8-15,20,23H,6-7,16-17H2,1-5H3,(H,26,29)/t20-,23-/m0/s1. The van der Waals surface area contributed by atoms with Crippen LogP contribution in [-0.2, 0) is 16.1 Å². The van der Waals surface area contributed by atoms with Crippen molar-refractivity contribution < 1.29 is 14.3 Å². The summed E-state index contributed by atoms with van der Waals surface area (Å²) >= 11 is 0. The van der Waals surface area contributed by atoms with Gasteiger partial charge in [-0.3, -0.25) is 9.59 Å². The molecule has 2 aromatic rings. The second-order valence-electron chi connectivity index (χ2n) is 7.86. The van der Waals surface area contributed by atoms with Gasteiger partial charge in [-0.1, -0.05) is 50.2 Å². The average molecular weight is 411 g/mol. The van der Waals surface area contributed by atoms with E-state index in [0.717, 1.165) is 23.1 Å². The van der Waals surface area contributed by atoms with Crippen molar-refractivity contribution in [2.75, 3.05) is 6.61 Å². The zero-order valence-corrected chi connectivity index (χ0v) is 18.8. The fraction of sp³-hybridized carbons (Fsp3) is 0.440. The summed E-state index contributed by atoms with van der Waals surface area (Å²) in [5.41, 5.74) is 3.14. The van der Waals surface area contributed by atoms with Crippen LogP contribution in [0.4, 0.5) is 0 Å². The zero-order valence-electron chi connectivity index (χ0n) is 18.8. The van der Waals surface area contributed by atoms with Crippen LogP contribution in [-0.4, -0.2) is 35.4 Å². The number of benzene rings is 2. The lowest BCUT2D eigenvalue weighted by Gasteiger charge is -2.31. The highest BCUT2D eigenvalue weighted by Gasteiger charge is 2.29. The van der Waals surface area contributed by atoms with E-state index in [1.165, 1.54) is 0 Å². The summed E-state index contributed by atoms with van der Waals surface area (Å²) in [5.74, 6) is 0.337. The highest BCUT2D eigenvalue weighted by Crippen LogP contribution is 2.18. The molecule has 0 radical (unpaired) electrons. The van der Waals surface area contributed by atoms with Gasteiger partial charge in [0.05, 0.1) is 0 Å². The van der Waals surface area contributed by atoms with Gasteiger partial charge in [0.15, 0.2) is 6.61 Å². The van der Waals surface area contributed by atoms with E-state index in [4.69, 9.17) is 4.74 Å². The van der Waals surface area contributed by atoms with E-state index >= 15 is 0 Å². The van der Waals surface area contributed by atoms with Crippen molar-refractivity contribution in [2.24, 2.45) is 0 Å². The molecule has 2 rings (SSSR count). The Morgan fingerprint density at radius 1 is 1.00 bits per heavy atom. The Hall–Kier alpha value is -2.82. The number of carbonyl (C=O) groups is 2. The Balaban J connectivity index is 2.20. The molecule has 5 heteroatoms. The molecule has 0 bridgehead atoms. The molecule has 0 aliphatic rings. The molecule has 0 saturated heterocycles. The van der Waals surface area contributed by atoms with Crippen molar-refractivity contribution in [3.63, 3.8) is 0 Å². The second kappa shape index (κ2) is 11.4. The summed E-state index contributed by atoms with van der Waals surface area (Å²) in [6.45, 7) is 10.2. The van der Waals surface area contributed by atoms with E-state index in [2.05, 4.69) is 11.4 Å². The average Bonchev–Trinajstić information content (AvgIpc) is 2.71. The van der Waals surface area contributed by atoms with Crippen LogP contribution in [0.5, 0.6) is 5.75 Å². The van der Waals surface area contributed by atoms with Gasteiger partial charge in [-0.25, -0.2) is 0 Å². The van der Waals surface area contributed by atoms with Crippen molar-refractivity contribution in [3.8, 4) is 5.75 Å². The first-order chi connectivity index (χ1) is 14.3. The van der Waals surface area contributed by atoms with Gasteiger partial charge in [0.2, 0.25) is 5.91 Å². The maximum Gasteiger partial charge on any atom is 0.261 e. The summed E-state index contributed by atoms with van der Waals surface area (Å²) in [5, 5.41) is 3.02. The number of aryl methyl sites for hydroxylation is 2. The van der Waals surface area contributed by atoms with Crippen molar-refractivity contribution in [1.82, 2.24) is 10.2 Å². The van der Waals surface area contributed by atoms with Crippen molar-refractivity contribution in [2.45, 2.75) is 66.1 Å². The lowest BCUT2D eigenvalue weighted by molar-refractivity contribution is -0.143. The second-order valence-corrected chi connectivity index (χ2v) is 7.86. The van der Waals surface area contributed by atoms with E-state index in [0.29, 0.717) is 18.7 Å². The Bertz CT molecular complexity index is 815. The lowest BCUT2D eigenvalue weighted by Crippen LogP contribution is -2.51. The molecule has 0 aliphatic heterocycles. The van der Waals surface area contributed by atoms with E-state index < -0.39 is 6.04 Å². The number of hydrogen-bond acceptors (Lipinski definition) is 3. The first kappa shape index (κ1) is 23.5. The molecule has 0 saturated carbocycles. The number of nitrogens with zero attached hydrogens (tertiary/aromatic N) is 1. The minimum atomic E-state index is -0.547. The number of rotatable bonds is 10. The lowest BCUT2D eigenvalue weighted by atomic mass is 10.1. The molecule has 30 heavy (non-hydrogen) atoms. The van der Waals surface area contributed by atoms with Crippen LogP contribution in [0.2, 0.25) is 0 Å². The highest BCUT2D eigenvalue weighted by molar-refractivity contribution is 5.88. The third-order valence-electron chi connectivity index (χ3n) is 5.14. The minimum absolute atomic E-state index is 0.0618. The maximum absolute atomic E-state index is 13.2. The van der Waals surface area contributed by atoms with Gasteiger partial charge in [0.25, 0.3) is 5.91 Å². The van der Waals surface area contributed by atoms with Gasteiger partial charge in [-0.05, 0) is 62.4 Å². The molecule has 5 nitrogen and oxygen atoms in total. The van der Waals surface area contributed by atoms with Crippen LogP contribution in [0.25, 0.3) is 0 Å². The number of ether oxygens (including phenoxy) is 1. The van der Waals surface area contributed by atoms with Crippen molar-refractivity contribution >= 4 is 11.8 Å². The van der Waals surface area contributed by atoms with Gasteiger partial charge < -0.3 is 15.0 Å². The Labute approximate surface area is 180 Å². The Morgan fingerprint density at radius 2 is 1.63 bits per heavy atom. The van der Waals surface area contributed by atoms with Gasteiger partial charge in [-0.15, -0.1) is 0 Å². The number of amides is 2. The molecule has 162 valence electrons. The number of hydrogen-bond donors (Lipinski definition) is 1. The number of carbonyl (C=O) groups excluding carboxylic acids is 2. The Morgan fingerprint density at radius 3 is 2.20 bits per heavy atom. The quantitative estimate of drug-likeness (QED) is 0.631. The van der Waals surface area contributed by atoms with Crippen LogP contribution in [0.1, 0.15) is 50.3 Å². The zero-order chi connectivity index (χ0) is 22.1. The van der Waals surface area contributed by atoms with Crippen LogP contribution in [0.15, 0.2) is 48.5 Å². The van der Waals surface area contributed by atoms with E-state index in [9.17, 15) is 9.59 Å². The van der Waals surface area contributed by atoms with Crippen LogP contribution >= 0.6 is 0 Å². The summed E-state index contributed by atoms with van der Waals surface area (Å²) in [6.07, 6.45) is 1.37. The predicted octanol–water partition coefficient (Wildman–Crippen LogP) is 4.40. The van der Waals surface area contributed by atoms with Gasteiger partial charge in [0.1, 0.15) is 11.8 Å². The molecule has 2 aromatic carbocycles. The molecule has 0 spiro atoms. The normalized spacial score (nSPS) is 12.7. The maximum atomic E-state index is 13.2. The third kappa shape index (κ3) is 6.90. The molecule has 0 aliphatic carbocycles. The molecule has 0 unspecified atom stereocenters. The minimum Gasteiger partial charge on any atom is -0.484 e. The fourth-order valence-electron chi connectivity index (χ4n) is 3.38. The van der Waals surface area contributed by atoms with Gasteiger partial charge in [0, 0.05) is 12.6 Å². The first-order valence-electron chi connectivity index (χ1n) is 10.7. The van der Waals surface area contributed by atoms with Crippen LogP contribution in [0, 0.1) is 13.8 Å². The fourth-order valence-corrected chi connectivity index (χ4v) is 3.38. The van der Waals surface area contributed by atoms with Crippen molar-refractivity contribution in [1.29, 1.82) is 0 Å². The molecule has 0 aromatic heterocycles. The summed E-state index contributed by atoms with van der Waals surface area (Å²) in [6, 6.07) is 15.1. The predicted molar refractivity (Wildman–Crippen MR) is 120 cm³/mol. The Kier molecular flexibility index (Phi) is 8.90. The largest absolute Gasteiger partial charge is 0.484 e. The summed E-state index contributed by atoms with van der Waals surface area (Å²) < 4.78 is 5.80. The molecule has 2 atom stereocenters. The van der Waals surface area contributed by atoms with Gasteiger partial charge >= 0.3 is 0 Å². The van der Waals surface area contributed by atoms with E-state index in [1.807, 2.05) is 77.1 Å². The molecule has 0 heterocycles. The van der Waals surface area contributed by atoms with E-state index in [1.54, 1.807) is 4.90 Å². The summed E-state index contributed by atoms with van der Waals surface area (Å²) in [4.78, 5) is 27.7. The van der Waals surface area contributed by atoms with Gasteiger partial charge in [-0.2, -0.15) is 0 Å². The third-order valence-corrected chi connectivity index (χ3v) is 5.14. The van der Waals surface area contributed by atoms with Crippen LogP contribution in [0.3, 0.4) is 0 Å². The van der Waals surface area contributed by atoms with Crippen LogP contribution < -0.4 is 10.1 Å². The molecule has 1 N–H and O–H groups in total. The number of nitrogens with one attached hydrogen (secondary N) is 1.